The Morgan fingerprint density at radius 1 is 1.40 bits per heavy atom. The highest BCUT2D eigenvalue weighted by Crippen LogP contribution is 2.48. The molecule has 2 aromatic heterocycles. The number of fused-ring (bicyclic) bond motifs is 2. The highest BCUT2D eigenvalue weighted by Gasteiger charge is 2.53. The molecule has 2 aliphatic rings. The van der Waals surface area contributed by atoms with Gasteiger partial charge in [0.15, 0.2) is 5.82 Å². The summed E-state index contributed by atoms with van der Waals surface area (Å²) in [6.07, 6.45) is 8.11. The minimum absolute atomic E-state index is 0.108. The van der Waals surface area contributed by atoms with Crippen LogP contribution in [0.3, 0.4) is 0 Å². The summed E-state index contributed by atoms with van der Waals surface area (Å²) in [4.78, 5) is 8.70. The maximum atomic E-state index is 5.93. The van der Waals surface area contributed by atoms with Gasteiger partial charge in [-0.15, -0.1) is 0 Å². The molecule has 0 spiro atoms. The highest BCUT2D eigenvalue weighted by molar-refractivity contribution is 5.17. The molecule has 0 N–H and O–H groups in total. The summed E-state index contributed by atoms with van der Waals surface area (Å²) < 4.78 is 11.4. The van der Waals surface area contributed by atoms with E-state index < -0.39 is 0 Å². The van der Waals surface area contributed by atoms with Gasteiger partial charge in [-0.05, 0) is 37.8 Å². The molecule has 2 fully saturated rings. The first-order valence-corrected chi connectivity index (χ1v) is 7.11. The Morgan fingerprint density at radius 3 is 3.05 bits per heavy atom. The molecule has 3 unspecified atom stereocenters. The molecular formula is C15H17N3O2. The number of pyridine rings is 1. The fourth-order valence-electron chi connectivity index (χ4n) is 3.40. The Kier molecular flexibility index (Phi) is 2.63. The number of hydrogen-bond donors (Lipinski definition) is 0. The maximum absolute atomic E-state index is 5.93. The van der Waals surface area contributed by atoms with Crippen LogP contribution in [0.2, 0.25) is 0 Å². The van der Waals surface area contributed by atoms with Gasteiger partial charge in [-0.3, -0.25) is 4.98 Å². The molecule has 0 amide bonds. The van der Waals surface area contributed by atoms with Crippen molar-refractivity contribution in [3.05, 3.63) is 41.8 Å². The smallest absolute Gasteiger partial charge is 0.235 e. The molecule has 104 valence electrons. The van der Waals surface area contributed by atoms with Gasteiger partial charge in [-0.1, -0.05) is 11.2 Å². The first-order chi connectivity index (χ1) is 9.74. The van der Waals surface area contributed by atoms with Gasteiger partial charge in [0.1, 0.15) is 0 Å². The minimum atomic E-state index is -0.108. The summed E-state index contributed by atoms with van der Waals surface area (Å²) >= 11 is 0. The van der Waals surface area contributed by atoms with Gasteiger partial charge >= 0.3 is 0 Å². The Balaban J connectivity index is 1.57. The van der Waals surface area contributed by atoms with E-state index in [0.29, 0.717) is 12.5 Å². The number of hydrogen-bond acceptors (Lipinski definition) is 5. The van der Waals surface area contributed by atoms with Crippen molar-refractivity contribution >= 4 is 0 Å². The molecule has 4 rings (SSSR count). The second kappa shape index (κ2) is 4.38. The van der Waals surface area contributed by atoms with Crippen LogP contribution in [0.4, 0.5) is 0 Å². The number of rotatable bonds is 3. The Bertz CT molecular complexity index is 613. The third kappa shape index (κ3) is 1.85. The zero-order valence-electron chi connectivity index (χ0n) is 11.5. The van der Waals surface area contributed by atoms with Gasteiger partial charge in [0, 0.05) is 18.8 Å². The van der Waals surface area contributed by atoms with Crippen LogP contribution in [0.5, 0.6) is 0 Å². The van der Waals surface area contributed by atoms with Crippen molar-refractivity contribution in [2.75, 3.05) is 0 Å². The normalized spacial score (nSPS) is 31.9. The van der Waals surface area contributed by atoms with Crippen LogP contribution in [0.1, 0.15) is 43.5 Å². The number of nitrogens with zero attached hydrogens (tertiary/aromatic N) is 3. The van der Waals surface area contributed by atoms with Crippen molar-refractivity contribution in [3.63, 3.8) is 0 Å². The first-order valence-electron chi connectivity index (χ1n) is 7.11. The second-order valence-electron chi connectivity index (χ2n) is 6.00. The summed E-state index contributed by atoms with van der Waals surface area (Å²) in [5.41, 5.74) is 0.984. The van der Waals surface area contributed by atoms with E-state index in [4.69, 9.17) is 9.26 Å². The van der Waals surface area contributed by atoms with E-state index in [2.05, 4.69) is 22.0 Å². The summed E-state index contributed by atoms with van der Waals surface area (Å²) in [7, 11) is 0. The fraction of sp³-hybridized carbons (Fsp3) is 0.533. The summed E-state index contributed by atoms with van der Waals surface area (Å²) in [6, 6.07) is 3.94. The van der Waals surface area contributed by atoms with Gasteiger partial charge in [0.05, 0.1) is 17.6 Å². The van der Waals surface area contributed by atoms with Crippen LogP contribution in [-0.4, -0.2) is 27.3 Å². The predicted molar refractivity (Wildman–Crippen MR) is 71.2 cm³/mol. The van der Waals surface area contributed by atoms with E-state index in [1.54, 1.807) is 6.20 Å². The molecule has 0 saturated carbocycles. The molecule has 0 radical (unpaired) electrons. The van der Waals surface area contributed by atoms with Crippen molar-refractivity contribution < 1.29 is 9.26 Å². The Labute approximate surface area is 117 Å². The average Bonchev–Trinajstić information content (AvgIpc) is 3.15. The van der Waals surface area contributed by atoms with Crippen molar-refractivity contribution in [2.45, 2.75) is 50.2 Å². The third-order valence-electron chi connectivity index (χ3n) is 4.51. The molecule has 4 heterocycles. The zero-order chi connectivity index (χ0) is 13.6. The number of ether oxygens (including phenoxy) is 1. The highest BCUT2D eigenvalue weighted by atomic mass is 16.5. The van der Waals surface area contributed by atoms with Crippen LogP contribution >= 0.6 is 0 Å². The molecule has 2 saturated heterocycles. The van der Waals surface area contributed by atoms with Crippen molar-refractivity contribution in [3.8, 4) is 0 Å². The molecule has 2 aliphatic heterocycles. The van der Waals surface area contributed by atoms with Crippen LogP contribution in [0.25, 0.3) is 0 Å². The van der Waals surface area contributed by atoms with Gasteiger partial charge in [-0.2, -0.15) is 4.98 Å². The van der Waals surface area contributed by atoms with Gasteiger partial charge in [0.2, 0.25) is 5.89 Å². The Hall–Kier alpha value is -1.75. The quantitative estimate of drug-likeness (QED) is 0.857. The lowest BCUT2D eigenvalue weighted by Gasteiger charge is -2.26. The summed E-state index contributed by atoms with van der Waals surface area (Å²) in [6.45, 7) is 2.18. The second-order valence-corrected chi connectivity index (χ2v) is 6.00. The predicted octanol–water partition coefficient (Wildman–Crippen LogP) is 2.26. The van der Waals surface area contributed by atoms with Crippen LogP contribution < -0.4 is 0 Å². The van der Waals surface area contributed by atoms with E-state index in [1.165, 1.54) is 0 Å². The molecule has 2 aromatic rings. The van der Waals surface area contributed by atoms with Crippen LogP contribution in [0.15, 0.2) is 29.0 Å². The number of aromatic nitrogens is 3. The van der Waals surface area contributed by atoms with Crippen molar-refractivity contribution in [1.82, 2.24) is 15.1 Å². The molecule has 2 bridgehead atoms. The zero-order valence-corrected chi connectivity index (χ0v) is 11.5. The molecular weight excluding hydrogens is 254 g/mol. The van der Waals surface area contributed by atoms with Crippen LogP contribution in [0, 0.1) is 0 Å². The third-order valence-corrected chi connectivity index (χ3v) is 4.51. The molecule has 0 aromatic carbocycles. The fourth-order valence-corrected chi connectivity index (χ4v) is 3.40. The summed E-state index contributed by atoms with van der Waals surface area (Å²) in [5.74, 6) is 1.44. The molecule has 5 nitrogen and oxygen atoms in total. The standard InChI is InChI=1S/C15H17N3O2/c1-15(8-11-4-5-12(15)19-11)14-17-13(18-20-14)7-10-3-2-6-16-9-10/h2-3,6,9,11-12H,4-5,7-8H2,1H3. The summed E-state index contributed by atoms with van der Waals surface area (Å²) in [5, 5.41) is 4.12. The minimum Gasteiger partial charge on any atom is -0.374 e. The topological polar surface area (TPSA) is 61.0 Å². The molecule has 0 aliphatic carbocycles. The maximum Gasteiger partial charge on any atom is 0.235 e. The van der Waals surface area contributed by atoms with E-state index in [0.717, 1.165) is 36.5 Å². The van der Waals surface area contributed by atoms with Crippen molar-refractivity contribution in [2.24, 2.45) is 0 Å². The molecule has 3 atom stereocenters. The van der Waals surface area contributed by atoms with Gasteiger partial charge in [-0.25, -0.2) is 0 Å². The Morgan fingerprint density at radius 2 is 2.35 bits per heavy atom. The van der Waals surface area contributed by atoms with E-state index in [-0.39, 0.29) is 11.5 Å². The van der Waals surface area contributed by atoms with E-state index in [9.17, 15) is 0 Å². The van der Waals surface area contributed by atoms with Crippen LogP contribution in [-0.2, 0) is 16.6 Å². The molecule has 5 heteroatoms. The molecule has 20 heavy (non-hydrogen) atoms. The van der Waals surface area contributed by atoms with Gasteiger partial charge in [0.25, 0.3) is 0 Å². The first kappa shape index (κ1) is 12.0. The SMILES string of the molecule is CC1(c2nc(Cc3cccnc3)no2)CC2CCC1O2. The lowest BCUT2D eigenvalue weighted by atomic mass is 9.75. The van der Waals surface area contributed by atoms with Crippen molar-refractivity contribution in [1.29, 1.82) is 0 Å². The van der Waals surface area contributed by atoms with Gasteiger partial charge < -0.3 is 9.26 Å². The lowest BCUT2D eigenvalue weighted by molar-refractivity contribution is 0.0803. The largest absolute Gasteiger partial charge is 0.374 e. The van der Waals surface area contributed by atoms with E-state index in [1.807, 2.05) is 18.3 Å². The lowest BCUT2D eigenvalue weighted by Crippen LogP contribution is -2.34. The van der Waals surface area contributed by atoms with E-state index >= 15 is 0 Å². The monoisotopic (exact) mass is 271 g/mol. The average molecular weight is 271 g/mol.